The second kappa shape index (κ2) is 24.8. The third-order valence-corrected chi connectivity index (χ3v) is 23.3. The van der Waals surface area contributed by atoms with Gasteiger partial charge in [0, 0.05) is 96.4 Å². The summed E-state index contributed by atoms with van der Waals surface area (Å²) in [5.74, 6) is 0. The standard InChI is InChI=1S/C99H92B2N6/c1-95(2,3)65-43-51-73(52-44-65)104-84-42-30-29-41-81(84)100-82-63-83-86(64-85(82)105(74-53-45-66(46-54-74)96(4,5)6)88-60-77(59-87(104)92(88)100)102(69-31-19-15-20-32-69)70-33-21-16-22-34-70)106(75-55-47-67(48-56-75)97(7,8)9)89-61-78(103(71-35-23-17-24-36-71)72-37-25-18-26-38-72)62-90-93(89)101(83)91-79-39-27-28-40-80(79)99(13,14)94(91)107(90)76-57-49-68(50-58-76)98(10,11)12/h15-64H,1-14H3. The fraction of sp³-hybridized carbons (Fsp3) is 0.192. The Morgan fingerprint density at radius 2 is 0.570 bits per heavy atom. The maximum Gasteiger partial charge on any atom is 0.252 e. The lowest BCUT2D eigenvalue weighted by Gasteiger charge is -2.48. The van der Waals surface area contributed by atoms with Gasteiger partial charge in [0.1, 0.15) is 0 Å². The van der Waals surface area contributed by atoms with Crippen LogP contribution in [0.5, 0.6) is 0 Å². The molecule has 0 unspecified atom stereocenters. The molecule has 0 saturated heterocycles. The summed E-state index contributed by atoms with van der Waals surface area (Å²) in [6.07, 6.45) is 0. The monoisotopic (exact) mass is 1390 g/mol. The van der Waals surface area contributed by atoms with Crippen LogP contribution in [0.15, 0.2) is 309 Å². The molecule has 13 aromatic carbocycles. The van der Waals surface area contributed by atoms with Gasteiger partial charge in [-0.1, -0.05) is 267 Å². The van der Waals surface area contributed by atoms with Gasteiger partial charge in [-0.05, 0) is 221 Å². The lowest BCUT2D eigenvalue weighted by molar-refractivity contribution is 0.590. The SMILES string of the molecule is CC(C)(C)c1ccc(N2C3=C(B4c5cc6c(cc5N(c5ccc(C(C)(C)C)cc5)c5cc(N(c7ccccc7)c7ccccc7)cc2c54)N(c2ccc(C(C)(C)C)cc2)c2cc(N(c4ccccc4)c4ccccc4)cc4c2B6c2ccccc2N4c2ccc(C(C)(C)C)cc2)c2ccccc2C3(C)C)cc1. The molecule has 18 rings (SSSR count). The van der Waals surface area contributed by atoms with Crippen molar-refractivity contribution in [1.82, 2.24) is 0 Å². The van der Waals surface area contributed by atoms with E-state index in [1.54, 1.807) is 0 Å². The lowest BCUT2D eigenvalue weighted by atomic mass is 9.29. The first-order valence-corrected chi connectivity index (χ1v) is 38.3. The summed E-state index contributed by atoms with van der Waals surface area (Å²) in [4.78, 5) is 15.5. The molecule has 524 valence electrons. The van der Waals surface area contributed by atoms with E-state index < -0.39 is 5.41 Å². The van der Waals surface area contributed by atoms with Crippen molar-refractivity contribution in [3.8, 4) is 0 Å². The lowest BCUT2D eigenvalue weighted by Crippen LogP contribution is -2.63. The Labute approximate surface area is 634 Å². The molecule has 5 aliphatic rings. The van der Waals surface area contributed by atoms with Gasteiger partial charge < -0.3 is 29.4 Å². The average Bonchev–Trinajstić information content (AvgIpc) is 1.54. The Morgan fingerprint density at radius 1 is 0.262 bits per heavy atom. The van der Waals surface area contributed by atoms with Crippen LogP contribution in [0.4, 0.5) is 96.7 Å². The van der Waals surface area contributed by atoms with Crippen molar-refractivity contribution in [2.24, 2.45) is 0 Å². The molecule has 0 N–H and O–H groups in total. The molecule has 4 heterocycles. The molecule has 6 nitrogen and oxygen atoms in total. The van der Waals surface area contributed by atoms with Crippen LogP contribution < -0.4 is 56.7 Å². The second-order valence-electron chi connectivity index (χ2n) is 34.7. The quantitative estimate of drug-likeness (QED) is 0.126. The number of allylic oxidation sites excluding steroid dienone is 1. The van der Waals surface area contributed by atoms with Crippen LogP contribution in [-0.4, -0.2) is 13.4 Å². The highest BCUT2D eigenvalue weighted by atomic mass is 15.2. The highest BCUT2D eigenvalue weighted by Gasteiger charge is 2.54. The molecule has 8 heteroatoms. The molecule has 0 spiro atoms. The number of hydrogen-bond donors (Lipinski definition) is 0. The summed E-state index contributed by atoms with van der Waals surface area (Å²) in [5, 5.41) is 0. The Bertz CT molecular complexity index is 5570. The summed E-state index contributed by atoms with van der Waals surface area (Å²) >= 11 is 0. The van der Waals surface area contributed by atoms with Crippen LogP contribution >= 0.6 is 0 Å². The van der Waals surface area contributed by atoms with Gasteiger partial charge in [0.25, 0.3) is 13.4 Å². The molecule has 0 aromatic heterocycles. The Morgan fingerprint density at radius 3 is 0.953 bits per heavy atom. The summed E-state index contributed by atoms with van der Waals surface area (Å²) in [6, 6.07) is 116. The van der Waals surface area contributed by atoms with Crippen LogP contribution in [0.3, 0.4) is 0 Å². The molecule has 0 atom stereocenters. The molecule has 0 fully saturated rings. The van der Waals surface area contributed by atoms with Crippen molar-refractivity contribution in [3.63, 3.8) is 0 Å². The van der Waals surface area contributed by atoms with E-state index in [1.807, 2.05) is 0 Å². The Kier molecular flexibility index (Phi) is 15.6. The average molecular weight is 1390 g/mol. The first kappa shape index (κ1) is 67.4. The molecule has 0 saturated carbocycles. The fourth-order valence-corrected chi connectivity index (χ4v) is 17.9. The first-order valence-electron chi connectivity index (χ1n) is 38.3. The van der Waals surface area contributed by atoms with Crippen molar-refractivity contribution < 1.29 is 0 Å². The van der Waals surface area contributed by atoms with Gasteiger partial charge in [0.2, 0.25) is 0 Å². The van der Waals surface area contributed by atoms with Gasteiger partial charge in [-0.3, -0.25) is 0 Å². The smallest absolute Gasteiger partial charge is 0.252 e. The number of fused-ring (bicyclic) bond motifs is 9. The van der Waals surface area contributed by atoms with E-state index in [0.717, 1.165) is 85.3 Å². The van der Waals surface area contributed by atoms with E-state index in [9.17, 15) is 0 Å². The molecule has 107 heavy (non-hydrogen) atoms. The minimum Gasteiger partial charge on any atom is -0.314 e. The summed E-state index contributed by atoms with van der Waals surface area (Å²) in [5.41, 5.74) is 35.0. The van der Waals surface area contributed by atoms with Gasteiger partial charge in [0.15, 0.2) is 0 Å². The van der Waals surface area contributed by atoms with Crippen molar-refractivity contribution in [3.05, 3.63) is 342 Å². The van der Waals surface area contributed by atoms with Gasteiger partial charge in [-0.25, -0.2) is 0 Å². The molecule has 0 amide bonds. The normalized spacial score (nSPS) is 14.6. The second-order valence-corrected chi connectivity index (χ2v) is 34.7. The Balaban J connectivity index is 0.999. The van der Waals surface area contributed by atoms with Gasteiger partial charge >= 0.3 is 0 Å². The van der Waals surface area contributed by atoms with E-state index in [2.05, 4.69) is 430 Å². The molecule has 1 aliphatic carbocycles. The predicted molar refractivity (Wildman–Crippen MR) is 459 cm³/mol. The number of nitrogens with zero attached hydrogens (tertiary/aromatic N) is 6. The minimum atomic E-state index is -0.443. The summed E-state index contributed by atoms with van der Waals surface area (Å²) in [6.45, 7) is 32.4. The maximum absolute atomic E-state index is 2.71. The zero-order valence-corrected chi connectivity index (χ0v) is 64.2. The van der Waals surface area contributed by atoms with E-state index in [4.69, 9.17) is 0 Å². The first-order chi connectivity index (χ1) is 51.4. The molecule has 4 aliphatic heterocycles. The van der Waals surface area contributed by atoms with Gasteiger partial charge in [0.05, 0.1) is 11.4 Å². The van der Waals surface area contributed by atoms with Crippen molar-refractivity contribution >= 4 is 143 Å². The van der Waals surface area contributed by atoms with Gasteiger partial charge in [-0.15, -0.1) is 0 Å². The minimum absolute atomic E-state index is 0.0403. The summed E-state index contributed by atoms with van der Waals surface area (Å²) in [7, 11) is 0. The molecule has 0 radical (unpaired) electrons. The van der Waals surface area contributed by atoms with E-state index in [1.165, 1.54) is 83.2 Å². The van der Waals surface area contributed by atoms with E-state index in [-0.39, 0.29) is 35.1 Å². The fourth-order valence-electron chi connectivity index (χ4n) is 17.9. The number of hydrogen-bond acceptors (Lipinski definition) is 6. The van der Waals surface area contributed by atoms with Crippen LogP contribution in [0, 0.1) is 0 Å². The van der Waals surface area contributed by atoms with Crippen molar-refractivity contribution in [2.45, 2.75) is 124 Å². The number of benzene rings is 13. The Hall–Kier alpha value is -11.5. The number of rotatable bonds is 10. The number of anilines is 17. The zero-order valence-electron chi connectivity index (χ0n) is 64.2. The molecular formula is C99H92B2N6. The highest BCUT2D eigenvalue weighted by molar-refractivity contribution is 7.05. The third-order valence-electron chi connectivity index (χ3n) is 23.3. The van der Waals surface area contributed by atoms with E-state index >= 15 is 0 Å². The maximum atomic E-state index is 2.71. The topological polar surface area (TPSA) is 19.4 Å². The molecule has 0 bridgehead atoms. The largest absolute Gasteiger partial charge is 0.314 e. The van der Waals surface area contributed by atoms with Crippen molar-refractivity contribution in [2.75, 3.05) is 29.4 Å². The number of para-hydroxylation sites is 5. The van der Waals surface area contributed by atoms with Gasteiger partial charge in [-0.2, -0.15) is 0 Å². The van der Waals surface area contributed by atoms with Crippen LogP contribution in [0.2, 0.25) is 0 Å². The molecular weight excluding hydrogens is 1290 g/mol. The third kappa shape index (κ3) is 11.1. The summed E-state index contributed by atoms with van der Waals surface area (Å²) < 4.78 is 0. The zero-order chi connectivity index (χ0) is 73.8. The van der Waals surface area contributed by atoms with Crippen molar-refractivity contribution in [1.29, 1.82) is 0 Å². The molecule has 13 aromatic rings. The van der Waals surface area contributed by atoms with Crippen LogP contribution in [0.25, 0.3) is 5.47 Å². The highest BCUT2D eigenvalue weighted by Crippen LogP contribution is 2.59. The van der Waals surface area contributed by atoms with Crippen LogP contribution in [-0.2, 0) is 27.1 Å². The van der Waals surface area contributed by atoms with Crippen LogP contribution in [0.1, 0.15) is 130 Å². The van der Waals surface area contributed by atoms with E-state index in [0.29, 0.717) is 0 Å². The predicted octanol–water partition coefficient (Wildman–Crippen LogP) is 23.7.